The molecule has 0 aromatic carbocycles. The molecule has 0 bridgehead atoms. The number of carbonyl (C=O) groups is 1. The van der Waals surface area contributed by atoms with Crippen LogP contribution in [0.25, 0.3) is 0 Å². The summed E-state index contributed by atoms with van der Waals surface area (Å²) in [6.07, 6.45) is 0.431. The van der Waals surface area contributed by atoms with Gasteiger partial charge in [-0.2, -0.15) is 5.10 Å². The van der Waals surface area contributed by atoms with Crippen molar-refractivity contribution in [3.63, 3.8) is 0 Å². The van der Waals surface area contributed by atoms with E-state index in [1.807, 2.05) is 13.8 Å². The Morgan fingerprint density at radius 2 is 2.22 bits per heavy atom. The number of nitrogens with two attached hydrogens (primary N) is 1. The van der Waals surface area contributed by atoms with Crippen molar-refractivity contribution in [2.75, 3.05) is 11.9 Å². The number of rotatable bonds is 4. The Bertz CT molecular complexity index is 535. The summed E-state index contributed by atoms with van der Waals surface area (Å²) in [6.45, 7) is 3.98. The molecule has 1 amide bonds. The van der Waals surface area contributed by atoms with Gasteiger partial charge in [0.15, 0.2) is 5.82 Å². The minimum absolute atomic E-state index is 0.145. The second-order valence-corrected chi connectivity index (χ2v) is 5.71. The summed E-state index contributed by atoms with van der Waals surface area (Å²) < 4.78 is 28.6. The first-order valence-corrected chi connectivity index (χ1v) is 6.75. The quantitative estimate of drug-likeness (QED) is 0.818. The van der Waals surface area contributed by atoms with E-state index in [4.69, 9.17) is 9.88 Å². The molecule has 1 rings (SSSR count). The fraction of sp³-hybridized carbons (Fsp3) is 0.556. The molecule has 0 unspecified atom stereocenters. The average Bonchev–Trinajstić information content (AvgIpc) is 2.56. The molecule has 8 nitrogen and oxygen atoms in total. The van der Waals surface area contributed by atoms with Crippen LogP contribution in [0.1, 0.15) is 13.8 Å². The summed E-state index contributed by atoms with van der Waals surface area (Å²) in [4.78, 5) is 11.1. The van der Waals surface area contributed by atoms with E-state index in [0.717, 1.165) is 0 Å². The van der Waals surface area contributed by atoms with Gasteiger partial charge in [0, 0.05) is 13.2 Å². The SMILES string of the molecule is CC(C)COC(=O)Nc1nn(C)cc1S(N)(=O)=O. The molecule has 0 fully saturated rings. The maximum Gasteiger partial charge on any atom is 0.412 e. The average molecular weight is 276 g/mol. The van der Waals surface area contributed by atoms with Crippen LogP contribution in [0, 0.1) is 5.92 Å². The number of anilines is 1. The minimum atomic E-state index is -3.94. The van der Waals surface area contributed by atoms with Crippen LogP contribution in [0.4, 0.5) is 10.6 Å². The van der Waals surface area contributed by atoms with Crippen LogP contribution in [-0.2, 0) is 21.8 Å². The van der Waals surface area contributed by atoms with Crippen molar-refractivity contribution in [1.29, 1.82) is 0 Å². The van der Waals surface area contributed by atoms with Crippen molar-refractivity contribution in [2.45, 2.75) is 18.7 Å². The van der Waals surface area contributed by atoms with Crippen LogP contribution in [0.15, 0.2) is 11.1 Å². The van der Waals surface area contributed by atoms with Crippen LogP contribution in [0.3, 0.4) is 0 Å². The van der Waals surface area contributed by atoms with Gasteiger partial charge in [-0.05, 0) is 5.92 Å². The predicted molar refractivity (Wildman–Crippen MR) is 64.4 cm³/mol. The van der Waals surface area contributed by atoms with Crippen molar-refractivity contribution >= 4 is 21.9 Å². The van der Waals surface area contributed by atoms with Gasteiger partial charge >= 0.3 is 6.09 Å². The molecule has 1 aromatic heterocycles. The first-order valence-electron chi connectivity index (χ1n) is 5.20. The Morgan fingerprint density at radius 1 is 1.61 bits per heavy atom. The Balaban J connectivity index is 2.82. The number of carbonyl (C=O) groups excluding carboxylic acids is 1. The minimum Gasteiger partial charge on any atom is -0.449 e. The van der Waals surface area contributed by atoms with Crippen LogP contribution < -0.4 is 10.5 Å². The van der Waals surface area contributed by atoms with Gasteiger partial charge in [0.25, 0.3) is 0 Å². The molecule has 0 aliphatic heterocycles. The van der Waals surface area contributed by atoms with E-state index in [-0.39, 0.29) is 23.2 Å². The Kier molecular flexibility index (Phi) is 4.30. The largest absolute Gasteiger partial charge is 0.449 e. The molecule has 0 aliphatic rings. The Morgan fingerprint density at radius 3 is 2.72 bits per heavy atom. The summed E-state index contributed by atoms with van der Waals surface area (Å²) in [5.41, 5.74) is 0. The molecule has 1 heterocycles. The molecule has 1 aromatic rings. The summed E-state index contributed by atoms with van der Waals surface area (Å²) in [5, 5.41) is 11.0. The molecule has 9 heteroatoms. The van der Waals surface area contributed by atoms with Crippen molar-refractivity contribution in [3.8, 4) is 0 Å². The second-order valence-electron chi connectivity index (χ2n) is 4.18. The number of nitrogens with one attached hydrogen (secondary N) is 1. The van der Waals surface area contributed by atoms with E-state index in [2.05, 4.69) is 10.4 Å². The number of sulfonamides is 1. The second kappa shape index (κ2) is 5.36. The lowest BCUT2D eigenvalue weighted by molar-refractivity contribution is 0.147. The van der Waals surface area contributed by atoms with E-state index < -0.39 is 16.1 Å². The lowest BCUT2D eigenvalue weighted by Crippen LogP contribution is -2.20. The molecule has 102 valence electrons. The van der Waals surface area contributed by atoms with Crippen molar-refractivity contribution < 1.29 is 17.9 Å². The Labute approximate surface area is 105 Å². The zero-order valence-electron chi connectivity index (χ0n) is 10.4. The number of nitrogens with zero attached hydrogens (tertiary/aromatic N) is 2. The molecule has 0 atom stereocenters. The van der Waals surface area contributed by atoms with Crippen molar-refractivity contribution in [1.82, 2.24) is 9.78 Å². The third-order valence-corrected chi connectivity index (χ3v) is 2.78. The van der Waals surface area contributed by atoms with E-state index in [9.17, 15) is 13.2 Å². The predicted octanol–water partition coefficient (Wildman–Crippen LogP) is 0.272. The monoisotopic (exact) mass is 276 g/mol. The van der Waals surface area contributed by atoms with Crippen molar-refractivity contribution in [2.24, 2.45) is 18.1 Å². The summed E-state index contributed by atoms with van der Waals surface area (Å²) in [6, 6.07) is 0. The molecule has 0 saturated carbocycles. The lowest BCUT2D eigenvalue weighted by Gasteiger charge is -2.07. The van der Waals surface area contributed by atoms with Crippen LogP contribution in [0.5, 0.6) is 0 Å². The number of hydrogen-bond donors (Lipinski definition) is 2. The fourth-order valence-corrected chi connectivity index (χ4v) is 1.80. The highest BCUT2D eigenvalue weighted by molar-refractivity contribution is 7.89. The number of aromatic nitrogens is 2. The van der Waals surface area contributed by atoms with Crippen LogP contribution in [0.2, 0.25) is 0 Å². The van der Waals surface area contributed by atoms with E-state index in [1.165, 1.54) is 17.9 Å². The molecule has 0 spiro atoms. The molecule has 3 N–H and O–H groups in total. The molecule has 0 saturated heterocycles. The smallest absolute Gasteiger partial charge is 0.412 e. The van der Waals surface area contributed by atoms with Gasteiger partial charge in [-0.1, -0.05) is 13.8 Å². The fourth-order valence-electron chi connectivity index (χ4n) is 1.14. The third kappa shape index (κ3) is 4.00. The first-order chi connectivity index (χ1) is 8.20. The Hall–Kier alpha value is -1.61. The number of ether oxygens (including phenoxy) is 1. The zero-order chi connectivity index (χ0) is 13.9. The van der Waals surface area contributed by atoms with Gasteiger partial charge in [0.1, 0.15) is 4.90 Å². The molecular weight excluding hydrogens is 260 g/mol. The summed E-state index contributed by atoms with van der Waals surface area (Å²) in [7, 11) is -2.43. The molecule has 18 heavy (non-hydrogen) atoms. The van der Waals surface area contributed by atoms with Crippen LogP contribution in [-0.4, -0.2) is 30.9 Å². The van der Waals surface area contributed by atoms with Crippen molar-refractivity contribution in [3.05, 3.63) is 6.20 Å². The van der Waals surface area contributed by atoms with Gasteiger partial charge < -0.3 is 4.74 Å². The lowest BCUT2D eigenvalue weighted by atomic mass is 10.2. The van der Waals surface area contributed by atoms with Gasteiger partial charge in [-0.15, -0.1) is 0 Å². The standard InChI is InChI=1S/C9H16N4O4S/c1-6(2)5-17-9(14)11-8-7(18(10,15)16)4-13(3)12-8/h4,6H,5H2,1-3H3,(H2,10,15,16)(H,11,12,14). The molecule has 0 aliphatic carbocycles. The number of hydrogen-bond acceptors (Lipinski definition) is 5. The number of aryl methyl sites for hydroxylation is 1. The zero-order valence-corrected chi connectivity index (χ0v) is 11.2. The van der Waals surface area contributed by atoms with Gasteiger partial charge in [0.05, 0.1) is 6.61 Å². The van der Waals surface area contributed by atoms with E-state index in [0.29, 0.717) is 0 Å². The first kappa shape index (κ1) is 14.5. The molecular formula is C9H16N4O4S. The van der Waals surface area contributed by atoms with Gasteiger partial charge in [0.2, 0.25) is 10.0 Å². The third-order valence-electron chi connectivity index (χ3n) is 1.87. The summed E-state index contributed by atoms with van der Waals surface area (Å²) >= 11 is 0. The normalized spacial score (nSPS) is 11.6. The van der Waals surface area contributed by atoms with E-state index >= 15 is 0 Å². The highest BCUT2D eigenvalue weighted by Crippen LogP contribution is 2.17. The van der Waals surface area contributed by atoms with E-state index in [1.54, 1.807) is 0 Å². The maximum absolute atomic E-state index is 11.4. The topological polar surface area (TPSA) is 116 Å². The maximum atomic E-state index is 11.4. The van der Waals surface area contributed by atoms with Gasteiger partial charge in [-0.25, -0.2) is 18.4 Å². The highest BCUT2D eigenvalue weighted by atomic mass is 32.2. The van der Waals surface area contributed by atoms with Gasteiger partial charge in [-0.3, -0.25) is 10.00 Å². The highest BCUT2D eigenvalue weighted by Gasteiger charge is 2.20. The number of primary sulfonamides is 1. The van der Waals surface area contributed by atoms with Crippen LogP contribution >= 0.6 is 0 Å². The molecule has 0 radical (unpaired) electrons. The number of amides is 1. The summed E-state index contributed by atoms with van der Waals surface area (Å²) in [5.74, 6) is 0.0333.